The zero-order valence-corrected chi connectivity index (χ0v) is 18.7. The van der Waals surface area contributed by atoms with Crippen molar-refractivity contribution in [2.75, 3.05) is 0 Å². The minimum atomic E-state index is 0.263. The molecule has 0 saturated heterocycles. The molecule has 0 radical (unpaired) electrons. The molecule has 0 atom stereocenters. The topological polar surface area (TPSA) is 25.8 Å². The molecular formula is C28H25ClN2. The molecule has 3 aromatic carbocycles. The van der Waals surface area contributed by atoms with Crippen LogP contribution >= 0.6 is 11.6 Å². The van der Waals surface area contributed by atoms with Crippen LogP contribution in [0.4, 0.5) is 0 Å². The molecule has 0 unspecified atom stereocenters. The standard InChI is InChI=1S/C20H19Cl.C8H6N2/c1-20(2)12-4-5-13-8-9-15-14-6-3-7-18(21)16(14)10-11-17(15)19(13)20;1-3-7-4-2-6-10-8(7)9-5-1/h3,6-11H,4-5,12H2,1-2H3;1-6H. The lowest BCUT2D eigenvalue weighted by molar-refractivity contribution is 0.436. The Kier molecular flexibility index (Phi) is 5.11. The SMILES string of the molecule is CC1(C)CCCc2ccc3c(ccc4c(Cl)cccc43)c21.c1cnc2ncccc2c1. The average molecular weight is 425 g/mol. The summed E-state index contributed by atoms with van der Waals surface area (Å²) >= 11 is 6.36. The molecule has 0 bridgehead atoms. The number of benzene rings is 3. The first kappa shape index (κ1) is 20.0. The number of nitrogens with zero attached hydrogens (tertiary/aromatic N) is 2. The number of hydrogen-bond donors (Lipinski definition) is 0. The maximum atomic E-state index is 6.36. The molecule has 2 heterocycles. The van der Waals surface area contributed by atoms with Crippen molar-refractivity contribution >= 4 is 44.2 Å². The Morgan fingerprint density at radius 2 is 1.42 bits per heavy atom. The molecule has 1 aliphatic carbocycles. The summed E-state index contributed by atoms with van der Waals surface area (Å²) in [6.07, 6.45) is 7.27. The van der Waals surface area contributed by atoms with E-state index in [9.17, 15) is 0 Å². The number of pyridine rings is 2. The molecule has 2 aromatic heterocycles. The highest BCUT2D eigenvalue weighted by atomic mass is 35.5. The fraction of sp³-hybridized carbons (Fsp3) is 0.214. The molecule has 0 fully saturated rings. The second-order valence-corrected chi connectivity index (χ2v) is 9.29. The van der Waals surface area contributed by atoms with Crippen LogP contribution in [-0.2, 0) is 11.8 Å². The Bertz CT molecular complexity index is 1340. The summed E-state index contributed by atoms with van der Waals surface area (Å²) in [5, 5.41) is 7.09. The summed E-state index contributed by atoms with van der Waals surface area (Å²) in [5.74, 6) is 0. The summed E-state index contributed by atoms with van der Waals surface area (Å²) < 4.78 is 0. The summed E-state index contributed by atoms with van der Waals surface area (Å²) in [5.41, 5.74) is 4.15. The van der Waals surface area contributed by atoms with E-state index in [1.54, 1.807) is 18.0 Å². The smallest absolute Gasteiger partial charge is 0.159 e. The van der Waals surface area contributed by atoms with E-state index in [1.807, 2.05) is 30.3 Å². The van der Waals surface area contributed by atoms with E-state index in [4.69, 9.17) is 11.6 Å². The van der Waals surface area contributed by atoms with Gasteiger partial charge < -0.3 is 0 Å². The predicted octanol–water partition coefficient (Wildman–Crippen LogP) is 7.89. The molecule has 1 aliphatic rings. The van der Waals surface area contributed by atoms with Crippen LogP contribution < -0.4 is 0 Å². The molecule has 0 saturated carbocycles. The maximum Gasteiger partial charge on any atom is 0.159 e. The summed E-state index contributed by atoms with van der Waals surface area (Å²) in [6, 6.07) is 23.1. The van der Waals surface area contributed by atoms with Crippen molar-refractivity contribution in [3.05, 3.63) is 95.3 Å². The molecule has 3 heteroatoms. The van der Waals surface area contributed by atoms with Crippen molar-refractivity contribution in [2.24, 2.45) is 0 Å². The highest BCUT2D eigenvalue weighted by molar-refractivity contribution is 6.36. The van der Waals surface area contributed by atoms with Crippen LogP contribution in [0.25, 0.3) is 32.6 Å². The molecule has 31 heavy (non-hydrogen) atoms. The van der Waals surface area contributed by atoms with Crippen LogP contribution in [0.5, 0.6) is 0 Å². The van der Waals surface area contributed by atoms with Gasteiger partial charge in [0.1, 0.15) is 0 Å². The largest absolute Gasteiger partial charge is 0.237 e. The lowest BCUT2D eigenvalue weighted by Crippen LogP contribution is -2.24. The van der Waals surface area contributed by atoms with Crippen LogP contribution in [-0.4, -0.2) is 9.97 Å². The van der Waals surface area contributed by atoms with Gasteiger partial charge >= 0.3 is 0 Å². The van der Waals surface area contributed by atoms with E-state index in [1.165, 1.54) is 41.0 Å². The lowest BCUT2D eigenvalue weighted by Gasteiger charge is -2.34. The minimum Gasteiger partial charge on any atom is -0.237 e. The van der Waals surface area contributed by atoms with Gasteiger partial charge in [-0.25, -0.2) is 9.97 Å². The van der Waals surface area contributed by atoms with Crippen LogP contribution in [0.3, 0.4) is 0 Å². The molecule has 0 N–H and O–H groups in total. The van der Waals surface area contributed by atoms with Gasteiger partial charge in [-0.1, -0.05) is 61.8 Å². The van der Waals surface area contributed by atoms with Crippen molar-refractivity contribution in [1.29, 1.82) is 0 Å². The first-order valence-corrected chi connectivity index (χ1v) is 11.2. The molecule has 0 aliphatic heterocycles. The third kappa shape index (κ3) is 3.66. The Morgan fingerprint density at radius 1 is 0.742 bits per heavy atom. The third-order valence-electron chi connectivity index (χ3n) is 6.39. The van der Waals surface area contributed by atoms with Gasteiger partial charge in [-0.3, -0.25) is 0 Å². The highest BCUT2D eigenvalue weighted by Gasteiger charge is 2.29. The molecule has 6 rings (SSSR count). The van der Waals surface area contributed by atoms with Gasteiger partial charge in [0.15, 0.2) is 5.65 Å². The quantitative estimate of drug-likeness (QED) is 0.236. The second kappa shape index (κ2) is 7.94. The number of halogens is 1. The molecular weight excluding hydrogens is 400 g/mol. The molecule has 5 aromatic rings. The van der Waals surface area contributed by atoms with Gasteiger partial charge in [0, 0.05) is 28.2 Å². The highest BCUT2D eigenvalue weighted by Crippen LogP contribution is 2.43. The van der Waals surface area contributed by atoms with Crippen LogP contribution in [0, 0.1) is 0 Å². The summed E-state index contributed by atoms with van der Waals surface area (Å²) in [4.78, 5) is 8.14. The fourth-order valence-corrected chi connectivity index (χ4v) is 5.18. The summed E-state index contributed by atoms with van der Waals surface area (Å²) in [7, 11) is 0. The monoisotopic (exact) mass is 424 g/mol. The Morgan fingerprint density at radius 3 is 2.16 bits per heavy atom. The van der Waals surface area contributed by atoms with Crippen LogP contribution in [0.15, 0.2) is 79.1 Å². The minimum absolute atomic E-state index is 0.263. The third-order valence-corrected chi connectivity index (χ3v) is 6.72. The molecule has 0 spiro atoms. The molecule has 0 amide bonds. The normalized spacial score (nSPS) is 14.8. The van der Waals surface area contributed by atoms with Crippen molar-refractivity contribution in [3.8, 4) is 0 Å². The van der Waals surface area contributed by atoms with Gasteiger partial charge in [0.25, 0.3) is 0 Å². The second-order valence-electron chi connectivity index (χ2n) is 8.89. The maximum absolute atomic E-state index is 6.36. The van der Waals surface area contributed by atoms with Crippen molar-refractivity contribution in [3.63, 3.8) is 0 Å². The van der Waals surface area contributed by atoms with E-state index in [-0.39, 0.29) is 5.41 Å². The molecule has 2 nitrogen and oxygen atoms in total. The van der Waals surface area contributed by atoms with Crippen molar-refractivity contribution in [1.82, 2.24) is 9.97 Å². The lowest BCUT2D eigenvalue weighted by atomic mass is 9.71. The fourth-order valence-electron chi connectivity index (χ4n) is 4.94. The first-order chi connectivity index (χ1) is 15.0. The average Bonchev–Trinajstić information content (AvgIpc) is 2.79. The predicted molar refractivity (Wildman–Crippen MR) is 132 cm³/mol. The van der Waals surface area contributed by atoms with Gasteiger partial charge in [0.05, 0.1) is 0 Å². The number of rotatable bonds is 0. The molecule has 154 valence electrons. The number of aryl methyl sites for hydroxylation is 1. The van der Waals surface area contributed by atoms with E-state index >= 15 is 0 Å². The van der Waals surface area contributed by atoms with Gasteiger partial charge in [-0.05, 0) is 82.3 Å². The first-order valence-electron chi connectivity index (χ1n) is 10.8. The van der Waals surface area contributed by atoms with Gasteiger partial charge in [-0.15, -0.1) is 0 Å². The Balaban J connectivity index is 0.000000171. The number of aromatic nitrogens is 2. The van der Waals surface area contributed by atoms with Gasteiger partial charge in [-0.2, -0.15) is 0 Å². The zero-order chi connectivity index (χ0) is 21.4. The van der Waals surface area contributed by atoms with E-state index < -0.39 is 0 Å². The van der Waals surface area contributed by atoms with E-state index in [2.05, 4.69) is 60.2 Å². The van der Waals surface area contributed by atoms with E-state index in [0.717, 1.165) is 21.4 Å². The van der Waals surface area contributed by atoms with Gasteiger partial charge in [0.2, 0.25) is 0 Å². The Labute approximate surface area is 187 Å². The van der Waals surface area contributed by atoms with Crippen LogP contribution in [0.2, 0.25) is 5.02 Å². The number of hydrogen-bond acceptors (Lipinski definition) is 2. The van der Waals surface area contributed by atoms with E-state index in [0.29, 0.717) is 0 Å². The summed E-state index contributed by atoms with van der Waals surface area (Å²) in [6.45, 7) is 4.76. The zero-order valence-electron chi connectivity index (χ0n) is 17.9. The van der Waals surface area contributed by atoms with Crippen LogP contribution in [0.1, 0.15) is 37.8 Å². The van der Waals surface area contributed by atoms with Crippen molar-refractivity contribution < 1.29 is 0 Å². The Hall–Kier alpha value is -2.97. The van der Waals surface area contributed by atoms with Crippen molar-refractivity contribution in [2.45, 2.75) is 38.5 Å². The number of fused-ring (bicyclic) bond motifs is 6.